The lowest BCUT2D eigenvalue weighted by Gasteiger charge is -2.09. The first-order chi connectivity index (χ1) is 9.40. The molecule has 2 rings (SSSR count). The van der Waals surface area contributed by atoms with Gasteiger partial charge in [0.05, 0.1) is 5.56 Å². The monoisotopic (exact) mass is 314 g/mol. The van der Waals surface area contributed by atoms with E-state index in [1.807, 2.05) is 6.07 Å². The summed E-state index contributed by atoms with van der Waals surface area (Å²) in [5.41, 5.74) is -0.941. The molecule has 2 aromatic rings. The molecule has 0 aliphatic rings. The van der Waals surface area contributed by atoms with Crippen LogP contribution in [0.2, 0.25) is 5.02 Å². The van der Waals surface area contributed by atoms with E-state index in [0.29, 0.717) is 9.92 Å². The highest BCUT2D eigenvalue weighted by Gasteiger charge is 2.33. The fraction of sp³-hybridized carbons (Fsp3) is 0.0769. The van der Waals surface area contributed by atoms with Crippen molar-refractivity contribution in [1.29, 1.82) is 5.26 Å². The third-order valence-corrected chi connectivity index (χ3v) is 3.51. The maximum absolute atomic E-state index is 12.6. The molecular weight excluding hydrogens is 309 g/mol. The van der Waals surface area contributed by atoms with E-state index in [2.05, 4.69) is 4.98 Å². The molecule has 0 aliphatic heterocycles. The van der Waals surface area contributed by atoms with Gasteiger partial charge in [0.15, 0.2) is 0 Å². The Morgan fingerprint density at radius 1 is 1.20 bits per heavy atom. The summed E-state index contributed by atoms with van der Waals surface area (Å²) in [6.07, 6.45) is -4.54. The molecule has 0 N–H and O–H groups in total. The average Bonchev–Trinajstić information content (AvgIpc) is 2.37. The number of hydrogen-bond donors (Lipinski definition) is 0. The normalized spacial score (nSPS) is 11.2. The van der Waals surface area contributed by atoms with Crippen LogP contribution in [0.25, 0.3) is 0 Å². The topological polar surface area (TPSA) is 36.7 Å². The lowest BCUT2D eigenvalue weighted by Crippen LogP contribution is -2.08. The van der Waals surface area contributed by atoms with Gasteiger partial charge in [0.2, 0.25) is 0 Å². The highest BCUT2D eigenvalue weighted by atomic mass is 35.5. The van der Waals surface area contributed by atoms with E-state index >= 15 is 0 Å². The standard InChI is InChI=1S/C13H6ClF3N2S/c14-9-2-1-3-10(6-9)20-12-8(7-18)4-5-11(19-12)13(15,16)17/h1-6H. The van der Waals surface area contributed by atoms with Crippen molar-refractivity contribution in [2.24, 2.45) is 0 Å². The number of benzene rings is 1. The summed E-state index contributed by atoms with van der Waals surface area (Å²) in [6.45, 7) is 0. The Kier molecular flexibility index (Phi) is 4.21. The number of aromatic nitrogens is 1. The molecule has 1 aromatic carbocycles. The second-order valence-corrected chi connectivity index (χ2v) is 5.22. The Bertz CT molecular complexity index is 680. The number of halogens is 4. The molecule has 102 valence electrons. The van der Waals surface area contributed by atoms with Crippen molar-refractivity contribution in [2.45, 2.75) is 16.1 Å². The number of rotatable bonds is 2. The summed E-state index contributed by atoms with van der Waals surface area (Å²) in [6, 6.07) is 10.3. The molecule has 0 spiro atoms. The predicted octanol–water partition coefficient (Wildman–Crippen LogP) is 4.78. The Hall–Kier alpha value is -1.71. The minimum absolute atomic E-state index is 0.00425. The van der Waals surface area contributed by atoms with Gasteiger partial charge >= 0.3 is 6.18 Å². The van der Waals surface area contributed by atoms with Crippen molar-refractivity contribution in [3.05, 3.63) is 52.7 Å². The molecule has 0 radical (unpaired) electrons. The third kappa shape index (κ3) is 3.44. The minimum Gasteiger partial charge on any atom is -0.235 e. The van der Waals surface area contributed by atoms with E-state index < -0.39 is 11.9 Å². The van der Waals surface area contributed by atoms with Gasteiger partial charge in [-0.05, 0) is 30.3 Å². The average molecular weight is 315 g/mol. The predicted molar refractivity (Wildman–Crippen MR) is 69.5 cm³/mol. The Balaban J connectivity index is 2.42. The van der Waals surface area contributed by atoms with E-state index in [0.717, 1.165) is 23.9 Å². The van der Waals surface area contributed by atoms with Gasteiger partial charge in [0, 0.05) is 9.92 Å². The van der Waals surface area contributed by atoms with Gasteiger partial charge in [0.25, 0.3) is 0 Å². The van der Waals surface area contributed by atoms with Crippen LogP contribution < -0.4 is 0 Å². The van der Waals surface area contributed by atoms with Crippen LogP contribution in [0.4, 0.5) is 13.2 Å². The maximum Gasteiger partial charge on any atom is 0.433 e. The highest BCUT2D eigenvalue weighted by molar-refractivity contribution is 7.99. The molecule has 0 atom stereocenters. The zero-order chi connectivity index (χ0) is 14.8. The first kappa shape index (κ1) is 14.7. The fourth-order valence-corrected chi connectivity index (χ4v) is 2.58. The Labute approximate surface area is 122 Å². The second-order valence-electron chi connectivity index (χ2n) is 3.72. The zero-order valence-electron chi connectivity index (χ0n) is 9.78. The van der Waals surface area contributed by atoms with Crippen molar-refractivity contribution >= 4 is 23.4 Å². The molecule has 0 unspecified atom stereocenters. The zero-order valence-corrected chi connectivity index (χ0v) is 11.4. The van der Waals surface area contributed by atoms with E-state index in [1.165, 1.54) is 0 Å². The van der Waals surface area contributed by atoms with Crippen molar-refractivity contribution in [2.75, 3.05) is 0 Å². The fourth-order valence-electron chi connectivity index (χ4n) is 1.40. The van der Waals surface area contributed by atoms with Crippen molar-refractivity contribution in [3.63, 3.8) is 0 Å². The van der Waals surface area contributed by atoms with Crippen LogP contribution in [0.15, 0.2) is 46.3 Å². The Morgan fingerprint density at radius 2 is 1.95 bits per heavy atom. The van der Waals surface area contributed by atoms with Gasteiger partial charge in [-0.3, -0.25) is 0 Å². The van der Waals surface area contributed by atoms with E-state index in [4.69, 9.17) is 16.9 Å². The van der Waals surface area contributed by atoms with Crippen molar-refractivity contribution in [1.82, 2.24) is 4.98 Å². The van der Waals surface area contributed by atoms with Gasteiger partial charge in [-0.15, -0.1) is 0 Å². The van der Waals surface area contributed by atoms with Crippen LogP contribution in [0.3, 0.4) is 0 Å². The smallest absolute Gasteiger partial charge is 0.235 e. The number of alkyl halides is 3. The van der Waals surface area contributed by atoms with E-state index in [-0.39, 0.29) is 10.6 Å². The van der Waals surface area contributed by atoms with Gasteiger partial charge in [-0.1, -0.05) is 29.4 Å². The summed E-state index contributed by atoms with van der Waals surface area (Å²) in [5, 5.41) is 9.40. The molecule has 2 nitrogen and oxygen atoms in total. The summed E-state index contributed by atoms with van der Waals surface area (Å²) in [5.74, 6) is 0. The quantitative estimate of drug-likeness (QED) is 0.800. The van der Waals surface area contributed by atoms with Crippen LogP contribution in [-0.2, 0) is 6.18 Å². The van der Waals surface area contributed by atoms with Crippen LogP contribution in [0.1, 0.15) is 11.3 Å². The first-order valence-corrected chi connectivity index (χ1v) is 6.51. The lowest BCUT2D eigenvalue weighted by atomic mass is 10.2. The van der Waals surface area contributed by atoms with Gasteiger partial charge in [-0.2, -0.15) is 18.4 Å². The molecule has 0 amide bonds. The van der Waals surface area contributed by atoms with Crippen molar-refractivity contribution in [3.8, 4) is 6.07 Å². The van der Waals surface area contributed by atoms with Crippen LogP contribution in [-0.4, -0.2) is 4.98 Å². The van der Waals surface area contributed by atoms with Crippen LogP contribution >= 0.6 is 23.4 Å². The molecule has 1 heterocycles. The van der Waals surface area contributed by atoms with E-state index in [9.17, 15) is 13.2 Å². The molecule has 1 aromatic heterocycles. The van der Waals surface area contributed by atoms with Crippen LogP contribution in [0.5, 0.6) is 0 Å². The molecule has 0 aliphatic carbocycles. The van der Waals surface area contributed by atoms with Gasteiger partial charge in [-0.25, -0.2) is 4.98 Å². The summed E-state index contributed by atoms with van der Waals surface area (Å²) >= 11 is 6.78. The third-order valence-electron chi connectivity index (χ3n) is 2.28. The lowest BCUT2D eigenvalue weighted by molar-refractivity contribution is -0.141. The second kappa shape index (κ2) is 5.73. The molecule has 0 fully saturated rings. The molecule has 0 saturated heterocycles. The van der Waals surface area contributed by atoms with Gasteiger partial charge in [0.1, 0.15) is 16.8 Å². The molecular formula is C13H6ClF3N2S. The summed E-state index contributed by atoms with van der Waals surface area (Å²) < 4.78 is 37.9. The molecule has 0 bridgehead atoms. The largest absolute Gasteiger partial charge is 0.433 e. The minimum atomic E-state index is -4.54. The first-order valence-electron chi connectivity index (χ1n) is 5.32. The summed E-state index contributed by atoms with van der Waals surface area (Å²) in [4.78, 5) is 4.12. The summed E-state index contributed by atoms with van der Waals surface area (Å²) in [7, 11) is 0. The van der Waals surface area contributed by atoms with Crippen LogP contribution in [0, 0.1) is 11.3 Å². The molecule has 0 saturated carbocycles. The number of pyridine rings is 1. The van der Waals surface area contributed by atoms with E-state index in [1.54, 1.807) is 24.3 Å². The molecule has 20 heavy (non-hydrogen) atoms. The Morgan fingerprint density at radius 3 is 2.55 bits per heavy atom. The number of nitrogens with zero attached hydrogens (tertiary/aromatic N) is 2. The number of hydrogen-bond acceptors (Lipinski definition) is 3. The SMILES string of the molecule is N#Cc1ccc(C(F)(F)F)nc1Sc1cccc(Cl)c1. The highest BCUT2D eigenvalue weighted by Crippen LogP contribution is 2.34. The number of nitriles is 1. The van der Waals surface area contributed by atoms with Crippen molar-refractivity contribution < 1.29 is 13.2 Å². The van der Waals surface area contributed by atoms with Gasteiger partial charge < -0.3 is 0 Å². The maximum atomic E-state index is 12.6. The molecule has 7 heteroatoms.